The molecule has 3 nitrogen and oxygen atoms in total. The minimum absolute atomic E-state index is 0.258. The molecule has 58 valence electrons. The van der Waals surface area contributed by atoms with E-state index in [1.165, 1.54) is 0 Å². The lowest BCUT2D eigenvalue weighted by atomic mass is 9.95. The van der Waals surface area contributed by atoms with E-state index in [0.717, 1.165) is 25.7 Å². The summed E-state index contributed by atoms with van der Waals surface area (Å²) in [6.45, 7) is 0. The fourth-order valence-electron chi connectivity index (χ4n) is 1.60. The van der Waals surface area contributed by atoms with Gasteiger partial charge in [0.25, 0.3) is 0 Å². The lowest BCUT2D eigenvalue weighted by molar-refractivity contribution is -0.119. The van der Waals surface area contributed by atoms with Crippen LogP contribution in [0.15, 0.2) is 0 Å². The summed E-state index contributed by atoms with van der Waals surface area (Å²) in [7, 11) is 0. The zero-order valence-corrected chi connectivity index (χ0v) is 6.10. The zero-order valence-electron chi connectivity index (χ0n) is 6.10. The molecule has 0 aromatic carbocycles. The monoisotopic (exact) mass is 142 g/mol. The summed E-state index contributed by atoms with van der Waals surface area (Å²) < 4.78 is 0. The van der Waals surface area contributed by atoms with Crippen molar-refractivity contribution in [1.82, 2.24) is 0 Å². The molecule has 10 heavy (non-hydrogen) atoms. The Morgan fingerprint density at radius 3 is 2.30 bits per heavy atom. The van der Waals surface area contributed by atoms with Crippen molar-refractivity contribution in [1.29, 1.82) is 0 Å². The highest BCUT2D eigenvalue weighted by molar-refractivity contribution is 5.75. The Labute approximate surface area is 60.8 Å². The fraction of sp³-hybridized carbons (Fsp3) is 0.857. The van der Waals surface area contributed by atoms with Crippen LogP contribution in [0, 0.1) is 0 Å². The Kier molecular flexibility index (Phi) is 1.94. The number of amides is 1. The van der Waals surface area contributed by atoms with Crippen molar-refractivity contribution in [3.05, 3.63) is 0 Å². The maximum absolute atomic E-state index is 10.5. The maximum Gasteiger partial charge on any atom is 0.219 e. The van der Waals surface area contributed by atoms with Gasteiger partial charge in [0, 0.05) is 12.0 Å². The van der Waals surface area contributed by atoms with E-state index < -0.39 is 0 Å². The third-order valence-electron chi connectivity index (χ3n) is 2.13. The smallest absolute Gasteiger partial charge is 0.219 e. The van der Waals surface area contributed by atoms with E-state index in [4.69, 9.17) is 11.5 Å². The van der Waals surface area contributed by atoms with Crippen LogP contribution in [0.4, 0.5) is 0 Å². The average molecular weight is 142 g/mol. The minimum Gasteiger partial charge on any atom is -0.370 e. The standard InChI is InChI=1S/C7H14N2O/c8-6(10)5-7(9)3-1-2-4-7/h1-5,9H2,(H2,8,10). The molecule has 0 heterocycles. The van der Waals surface area contributed by atoms with Crippen LogP contribution in [0.5, 0.6) is 0 Å². The van der Waals surface area contributed by atoms with E-state index in [-0.39, 0.29) is 11.4 Å². The first kappa shape index (κ1) is 7.54. The number of hydrogen-bond acceptors (Lipinski definition) is 2. The molecule has 0 atom stereocenters. The summed E-state index contributed by atoms with van der Waals surface area (Å²) in [5.74, 6) is -0.274. The molecule has 0 saturated heterocycles. The first-order chi connectivity index (χ1) is 4.62. The quantitative estimate of drug-likeness (QED) is 0.575. The van der Waals surface area contributed by atoms with Gasteiger partial charge in [0.2, 0.25) is 5.91 Å². The van der Waals surface area contributed by atoms with Gasteiger partial charge in [-0.05, 0) is 12.8 Å². The highest BCUT2D eigenvalue weighted by Gasteiger charge is 2.30. The van der Waals surface area contributed by atoms with Crippen molar-refractivity contribution < 1.29 is 4.79 Å². The predicted octanol–water partition coefficient (Wildman–Crippen LogP) is 0.133. The van der Waals surface area contributed by atoms with Gasteiger partial charge in [-0.2, -0.15) is 0 Å². The molecule has 0 bridgehead atoms. The van der Waals surface area contributed by atoms with Crippen molar-refractivity contribution in [3.8, 4) is 0 Å². The number of hydrogen-bond donors (Lipinski definition) is 2. The summed E-state index contributed by atoms with van der Waals surface area (Å²) >= 11 is 0. The molecule has 0 aliphatic heterocycles. The van der Waals surface area contributed by atoms with E-state index in [1.807, 2.05) is 0 Å². The Morgan fingerprint density at radius 2 is 1.90 bits per heavy atom. The van der Waals surface area contributed by atoms with Gasteiger partial charge in [-0.25, -0.2) is 0 Å². The van der Waals surface area contributed by atoms with Crippen LogP contribution in [-0.4, -0.2) is 11.4 Å². The molecule has 1 aliphatic rings. The molecule has 4 N–H and O–H groups in total. The summed E-state index contributed by atoms with van der Waals surface area (Å²) in [5, 5.41) is 0. The number of nitrogens with two attached hydrogens (primary N) is 2. The van der Waals surface area contributed by atoms with Crippen LogP contribution in [0.25, 0.3) is 0 Å². The van der Waals surface area contributed by atoms with Gasteiger partial charge in [0.1, 0.15) is 0 Å². The molecule has 1 fully saturated rings. The lowest BCUT2D eigenvalue weighted by Crippen LogP contribution is -2.40. The summed E-state index contributed by atoms with van der Waals surface area (Å²) in [4.78, 5) is 10.5. The normalized spacial score (nSPS) is 22.9. The van der Waals surface area contributed by atoms with Gasteiger partial charge in [-0.15, -0.1) is 0 Å². The van der Waals surface area contributed by atoms with E-state index in [9.17, 15) is 4.79 Å². The predicted molar refractivity (Wildman–Crippen MR) is 39.2 cm³/mol. The average Bonchev–Trinajstić information content (AvgIpc) is 2.12. The highest BCUT2D eigenvalue weighted by atomic mass is 16.1. The van der Waals surface area contributed by atoms with Crippen LogP contribution in [0.1, 0.15) is 32.1 Å². The summed E-state index contributed by atoms with van der Waals surface area (Å²) in [6, 6.07) is 0. The summed E-state index contributed by atoms with van der Waals surface area (Å²) in [6.07, 6.45) is 4.55. The second-order valence-corrected chi connectivity index (χ2v) is 3.21. The molecule has 3 heteroatoms. The number of primary amides is 1. The molecular weight excluding hydrogens is 128 g/mol. The van der Waals surface area contributed by atoms with Gasteiger partial charge in [0.15, 0.2) is 0 Å². The van der Waals surface area contributed by atoms with Crippen molar-refractivity contribution in [2.24, 2.45) is 11.5 Å². The first-order valence-electron chi connectivity index (χ1n) is 3.70. The van der Waals surface area contributed by atoms with Crippen molar-refractivity contribution in [3.63, 3.8) is 0 Å². The fourth-order valence-corrected chi connectivity index (χ4v) is 1.60. The highest BCUT2D eigenvalue weighted by Crippen LogP contribution is 2.29. The molecule has 0 aromatic heterocycles. The molecule has 1 rings (SSSR count). The van der Waals surface area contributed by atoms with Gasteiger partial charge >= 0.3 is 0 Å². The largest absolute Gasteiger partial charge is 0.370 e. The molecule has 1 amide bonds. The van der Waals surface area contributed by atoms with Crippen LogP contribution in [0.2, 0.25) is 0 Å². The Morgan fingerprint density at radius 1 is 1.40 bits per heavy atom. The Bertz CT molecular complexity index is 139. The second-order valence-electron chi connectivity index (χ2n) is 3.21. The molecular formula is C7H14N2O. The van der Waals surface area contributed by atoms with E-state index in [1.54, 1.807) is 0 Å². The Balaban J connectivity index is 2.43. The van der Waals surface area contributed by atoms with Gasteiger partial charge in [0.05, 0.1) is 0 Å². The summed E-state index contributed by atoms with van der Waals surface area (Å²) in [5.41, 5.74) is 10.6. The number of rotatable bonds is 2. The van der Waals surface area contributed by atoms with Crippen molar-refractivity contribution in [2.75, 3.05) is 0 Å². The molecule has 1 saturated carbocycles. The second kappa shape index (κ2) is 2.58. The molecule has 0 radical (unpaired) electrons. The molecule has 0 spiro atoms. The van der Waals surface area contributed by atoms with E-state index >= 15 is 0 Å². The lowest BCUT2D eigenvalue weighted by Gasteiger charge is -2.20. The van der Waals surface area contributed by atoms with Crippen LogP contribution >= 0.6 is 0 Å². The molecule has 1 aliphatic carbocycles. The third-order valence-corrected chi connectivity index (χ3v) is 2.13. The molecule has 0 aromatic rings. The third kappa shape index (κ3) is 1.70. The number of carbonyl (C=O) groups excluding carboxylic acids is 1. The van der Waals surface area contributed by atoms with Crippen molar-refractivity contribution in [2.45, 2.75) is 37.6 Å². The van der Waals surface area contributed by atoms with Crippen molar-refractivity contribution >= 4 is 5.91 Å². The topological polar surface area (TPSA) is 69.1 Å². The first-order valence-corrected chi connectivity index (χ1v) is 3.70. The number of carbonyl (C=O) groups is 1. The van der Waals surface area contributed by atoms with Crippen LogP contribution in [0.3, 0.4) is 0 Å². The zero-order chi connectivity index (χ0) is 7.61. The van der Waals surface area contributed by atoms with Gasteiger partial charge in [-0.1, -0.05) is 12.8 Å². The van der Waals surface area contributed by atoms with E-state index in [0.29, 0.717) is 6.42 Å². The SMILES string of the molecule is NC(=O)CC1(N)CCCC1. The van der Waals surface area contributed by atoms with Gasteiger partial charge < -0.3 is 11.5 Å². The minimum atomic E-state index is -0.274. The molecule has 0 unspecified atom stereocenters. The van der Waals surface area contributed by atoms with Gasteiger partial charge in [-0.3, -0.25) is 4.79 Å². The van der Waals surface area contributed by atoms with E-state index in [2.05, 4.69) is 0 Å². The van der Waals surface area contributed by atoms with Crippen LogP contribution < -0.4 is 11.5 Å². The Hall–Kier alpha value is -0.570. The maximum atomic E-state index is 10.5. The van der Waals surface area contributed by atoms with Crippen LogP contribution in [-0.2, 0) is 4.79 Å².